The van der Waals surface area contributed by atoms with Gasteiger partial charge in [-0.15, -0.1) is 0 Å². The maximum atomic E-state index is 2.58. The second kappa shape index (κ2) is 11.4. The van der Waals surface area contributed by atoms with Crippen LogP contribution in [0.15, 0.2) is 206 Å². The van der Waals surface area contributed by atoms with Crippen molar-refractivity contribution < 1.29 is 0 Å². The zero-order chi connectivity index (χ0) is 37.2. The van der Waals surface area contributed by atoms with E-state index in [1.807, 2.05) is 0 Å². The third-order valence-electron chi connectivity index (χ3n) is 13.2. The summed E-state index contributed by atoms with van der Waals surface area (Å²) in [6, 6.07) is 78.0. The SMILES string of the molecule is c1ccc2c(c1)-c1ccccc1C21c2cc3ccccc3cc2-c2c(-c3ccc4ccccc4c3)cc(-c3c4ccccc4cc4c3ccc3ccccc34)cc21. The maximum absolute atomic E-state index is 2.58. The van der Waals surface area contributed by atoms with Crippen molar-refractivity contribution in [1.29, 1.82) is 0 Å². The first-order chi connectivity index (χ1) is 28.3. The molecule has 0 heteroatoms. The van der Waals surface area contributed by atoms with Gasteiger partial charge in [-0.25, -0.2) is 0 Å². The zero-order valence-electron chi connectivity index (χ0n) is 31.1. The molecule has 2 aliphatic rings. The van der Waals surface area contributed by atoms with E-state index in [0.717, 1.165) is 0 Å². The Bertz CT molecular complexity index is 3480. The minimum absolute atomic E-state index is 0.503. The minimum atomic E-state index is -0.503. The van der Waals surface area contributed by atoms with Crippen LogP contribution in [0.2, 0.25) is 0 Å². The molecule has 57 heavy (non-hydrogen) atoms. The van der Waals surface area contributed by atoms with Crippen molar-refractivity contribution in [3.05, 3.63) is 229 Å². The Morgan fingerprint density at radius 3 is 1.56 bits per heavy atom. The molecule has 0 fully saturated rings. The lowest BCUT2D eigenvalue weighted by Crippen LogP contribution is -2.26. The second-order valence-corrected chi connectivity index (χ2v) is 15.9. The van der Waals surface area contributed by atoms with Gasteiger partial charge in [0.05, 0.1) is 5.41 Å². The van der Waals surface area contributed by atoms with E-state index in [9.17, 15) is 0 Å². The fourth-order valence-corrected chi connectivity index (χ4v) is 10.8. The van der Waals surface area contributed by atoms with Gasteiger partial charge in [0.25, 0.3) is 0 Å². The fourth-order valence-electron chi connectivity index (χ4n) is 10.8. The summed E-state index contributed by atoms with van der Waals surface area (Å²) in [4.78, 5) is 0. The van der Waals surface area contributed by atoms with E-state index in [2.05, 4.69) is 206 Å². The highest BCUT2D eigenvalue weighted by molar-refractivity contribution is 6.21. The predicted octanol–water partition coefficient (Wildman–Crippen LogP) is 15.1. The minimum Gasteiger partial charge on any atom is -0.0619 e. The van der Waals surface area contributed by atoms with E-state index >= 15 is 0 Å². The van der Waals surface area contributed by atoms with E-state index in [0.29, 0.717) is 0 Å². The Balaban J connectivity index is 1.25. The van der Waals surface area contributed by atoms with Gasteiger partial charge in [-0.2, -0.15) is 0 Å². The van der Waals surface area contributed by atoms with Gasteiger partial charge in [0, 0.05) is 0 Å². The lowest BCUT2D eigenvalue weighted by Gasteiger charge is -2.31. The highest BCUT2D eigenvalue weighted by atomic mass is 14.5. The van der Waals surface area contributed by atoms with Crippen LogP contribution < -0.4 is 0 Å². The Kier molecular flexibility index (Phi) is 6.19. The number of rotatable bonds is 2. The maximum Gasteiger partial charge on any atom is 0.0726 e. The van der Waals surface area contributed by atoms with Crippen LogP contribution in [0.25, 0.3) is 98.4 Å². The molecule has 0 unspecified atom stereocenters. The summed E-state index contributed by atoms with van der Waals surface area (Å²) >= 11 is 0. The van der Waals surface area contributed by atoms with Crippen LogP contribution in [-0.2, 0) is 5.41 Å². The molecule has 0 N–H and O–H groups in total. The second-order valence-electron chi connectivity index (χ2n) is 15.9. The number of hydrogen-bond acceptors (Lipinski definition) is 0. The molecule has 2 aliphatic carbocycles. The molecule has 11 aromatic rings. The number of hydrogen-bond donors (Lipinski definition) is 0. The van der Waals surface area contributed by atoms with Crippen molar-refractivity contribution in [2.75, 3.05) is 0 Å². The first-order valence-electron chi connectivity index (χ1n) is 20.0. The van der Waals surface area contributed by atoms with Crippen LogP contribution in [0.3, 0.4) is 0 Å². The normalized spacial score (nSPS) is 13.4. The molecule has 0 aliphatic heterocycles. The van der Waals surface area contributed by atoms with Crippen molar-refractivity contribution >= 4 is 53.9 Å². The Hall–Kier alpha value is -7.28. The molecule has 0 heterocycles. The molecule has 11 aromatic carbocycles. The van der Waals surface area contributed by atoms with E-state index < -0.39 is 5.41 Å². The summed E-state index contributed by atoms with van der Waals surface area (Å²) in [6.45, 7) is 0. The van der Waals surface area contributed by atoms with Gasteiger partial charge in [-0.1, -0.05) is 170 Å². The quantitative estimate of drug-likeness (QED) is 0.123. The lowest BCUT2D eigenvalue weighted by molar-refractivity contribution is 0.795. The van der Waals surface area contributed by atoms with Crippen molar-refractivity contribution in [3.63, 3.8) is 0 Å². The molecule has 0 nitrogen and oxygen atoms in total. The molecule has 13 rings (SSSR count). The Morgan fingerprint density at radius 1 is 0.228 bits per heavy atom. The highest BCUT2D eigenvalue weighted by Gasteiger charge is 2.52. The summed E-state index contributed by atoms with van der Waals surface area (Å²) in [5, 5.41) is 12.7. The molecule has 0 saturated carbocycles. The largest absolute Gasteiger partial charge is 0.0726 e. The molecule has 0 amide bonds. The van der Waals surface area contributed by atoms with Crippen LogP contribution in [0.5, 0.6) is 0 Å². The average molecular weight is 719 g/mol. The van der Waals surface area contributed by atoms with Gasteiger partial charge < -0.3 is 0 Å². The predicted molar refractivity (Wildman–Crippen MR) is 241 cm³/mol. The van der Waals surface area contributed by atoms with Gasteiger partial charge in [0.2, 0.25) is 0 Å². The topological polar surface area (TPSA) is 0 Å². The van der Waals surface area contributed by atoms with Gasteiger partial charge >= 0.3 is 0 Å². The Morgan fingerprint density at radius 2 is 0.807 bits per heavy atom. The van der Waals surface area contributed by atoms with Crippen molar-refractivity contribution in [2.24, 2.45) is 0 Å². The molecule has 0 atom stereocenters. The summed E-state index contributed by atoms with van der Waals surface area (Å²) in [7, 11) is 0. The van der Waals surface area contributed by atoms with Gasteiger partial charge in [0.1, 0.15) is 0 Å². The van der Waals surface area contributed by atoms with Crippen molar-refractivity contribution in [2.45, 2.75) is 5.41 Å². The van der Waals surface area contributed by atoms with Crippen molar-refractivity contribution in [1.82, 2.24) is 0 Å². The van der Waals surface area contributed by atoms with E-state index in [1.54, 1.807) is 0 Å². The summed E-state index contributed by atoms with van der Waals surface area (Å²) in [5.41, 5.74) is 15.2. The van der Waals surface area contributed by atoms with Gasteiger partial charge in [-0.3, -0.25) is 0 Å². The van der Waals surface area contributed by atoms with E-state index in [4.69, 9.17) is 0 Å². The molecular weight excluding hydrogens is 685 g/mol. The van der Waals surface area contributed by atoms with Crippen LogP contribution >= 0.6 is 0 Å². The third-order valence-corrected chi connectivity index (χ3v) is 13.2. The fraction of sp³-hybridized carbons (Fsp3) is 0.0175. The Labute approximate surface area is 330 Å². The zero-order valence-corrected chi connectivity index (χ0v) is 31.1. The van der Waals surface area contributed by atoms with Crippen LogP contribution in [0.4, 0.5) is 0 Å². The van der Waals surface area contributed by atoms with E-state index in [1.165, 1.54) is 121 Å². The smallest absolute Gasteiger partial charge is 0.0619 e. The molecule has 1 spiro atoms. The van der Waals surface area contributed by atoms with Gasteiger partial charge in [-0.05, 0) is 157 Å². The van der Waals surface area contributed by atoms with Crippen LogP contribution in [-0.4, -0.2) is 0 Å². The highest BCUT2D eigenvalue weighted by Crippen LogP contribution is 2.65. The van der Waals surface area contributed by atoms with Crippen LogP contribution in [0, 0.1) is 0 Å². The van der Waals surface area contributed by atoms with Crippen molar-refractivity contribution in [3.8, 4) is 44.5 Å². The third kappa shape index (κ3) is 4.12. The summed E-state index contributed by atoms with van der Waals surface area (Å²) in [5.74, 6) is 0. The van der Waals surface area contributed by atoms with E-state index in [-0.39, 0.29) is 0 Å². The molecule has 262 valence electrons. The van der Waals surface area contributed by atoms with Crippen LogP contribution in [0.1, 0.15) is 22.3 Å². The number of benzene rings is 11. The van der Waals surface area contributed by atoms with Gasteiger partial charge in [0.15, 0.2) is 0 Å². The molecule has 0 saturated heterocycles. The first-order valence-corrected chi connectivity index (χ1v) is 20.0. The summed E-state index contributed by atoms with van der Waals surface area (Å²) in [6.07, 6.45) is 0. The summed E-state index contributed by atoms with van der Waals surface area (Å²) < 4.78 is 0. The monoisotopic (exact) mass is 718 g/mol. The molecule has 0 aromatic heterocycles. The lowest BCUT2D eigenvalue weighted by atomic mass is 9.69. The average Bonchev–Trinajstić information content (AvgIpc) is 3.73. The molecular formula is C57H34. The standard InChI is InChI=1S/C57H34/c1-2-15-37-29-41(26-25-35(37)13-1)48-32-42(55-44-20-8-6-18-40(44)31-49-43-19-7-5-14-36(43)27-28-47(49)55)34-54-56(48)50-30-38-16-3-4-17-39(38)33-53(50)57(54)51-23-11-9-21-45(51)46-22-10-12-24-52(46)57/h1-34H. The molecule has 0 radical (unpaired) electrons. The number of fused-ring (bicyclic) bond motifs is 16. The first kappa shape index (κ1) is 31.0. The molecule has 0 bridgehead atoms.